The Morgan fingerprint density at radius 2 is 1.74 bits per heavy atom. The highest BCUT2D eigenvalue weighted by Crippen LogP contribution is 2.28. The summed E-state index contributed by atoms with van der Waals surface area (Å²) in [5.41, 5.74) is 1.08. The van der Waals surface area contributed by atoms with E-state index in [4.69, 9.17) is 9.47 Å². The van der Waals surface area contributed by atoms with Crippen molar-refractivity contribution in [1.29, 1.82) is 0 Å². The van der Waals surface area contributed by atoms with E-state index < -0.39 is 0 Å². The first-order valence-electron chi connectivity index (χ1n) is 6.95. The summed E-state index contributed by atoms with van der Waals surface area (Å²) in [6, 6.07) is 5.80. The van der Waals surface area contributed by atoms with E-state index in [1.54, 1.807) is 14.2 Å². The molecule has 0 aromatic heterocycles. The molecule has 0 aliphatic rings. The van der Waals surface area contributed by atoms with Gasteiger partial charge in [0.25, 0.3) is 0 Å². The zero-order valence-corrected chi connectivity index (χ0v) is 12.5. The molecule has 0 aliphatic heterocycles. The normalized spacial score (nSPS) is 12.5. The van der Waals surface area contributed by atoms with Crippen LogP contribution in [-0.4, -0.2) is 25.4 Å². The topological polar surface area (TPSA) is 38.7 Å². The van der Waals surface area contributed by atoms with Gasteiger partial charge in [-0.25, -0.2) is 0 Å². The SMILES string of the molecule is COc1ccc(CC(O)CCCC(C)C)cc1OC. The molecular formula is C16H26O3. The summed E-state index contributed by atoms with van der Waals surface area (Å²) < 4.78 is 10.5. The maximum Gasteiger partial charge on any atom is 0.160 e. The van der Waals surface area contributed by atoms with Crippen molar-refractivity contribution in [3.8, 4) is 11.5 Å². The van der Waals surface area contributed by atoms with Gasteiger partial charge in [0.1, 0.15) is 0 Å². The third-order valence-electron chi connectivity index (χ3n) is 3.24. The number of aliphatic hydroxyl groups excluding tert-OH is 1. The Morgan fingerprint density at radius 3 is 2.32 bits per heavy atom. The molecule has 0 heterocycles. The first kappa shape index (κ1) is 15.8. The molecule has 0 bridgehead atoms. The maximum atomic E-state index is 10.0. The molecule has 1 N–H and O–H groups in total. The van der Waals surface area contributed by atoms with Crippen LogP contribution in [0.15, 0.2) is 18.2 Å². The van der Waals surface area contributed by atoms with Crippen LogP contribution in [0.3, 0.4) is 0 Å². The zero-order chi connectivity index (χ0) is 14.3. The number of hydrogen-bond donors (Lipinski definition) is 1. The van der Waals surface area contributed by atoms with Crippen LogP contribution in [0, 0.1) is 5.92 Å². The van der Waals surface area contributed by atoms with Crippen LogP contribution in [0.25, 0.3) is 0 Å². The molecule has 108 valence electrons. The lowest BCUT2D eigenvalue weighted by molar-refractivity contribution is 0.159. The van der Waals surface area contributed by atoms with E-state index >= 15 is 0 Å². The number of methoxy groups -OCH3 is 2. The lowest BCUT2D eigenvalue weighted by Crippen LogP contribution is -2.10. The fraction of sp³-hybridized carbons (Fsp3) is 0.625. The Morgan fingerprint density at radius 1 is 1.05 bits per heavy atom. The molecule has 0 radical (unpaired) electrons. The Bertz CT molecular complexity index is 374. The lowest BCUT2D eigenvalue weighted by Gasteiger charge is -2.13. The van der Waals surface area contributed by atoms with Crippen molar-refractivity contribution in [1.82, 2.24) is 0 Å². The van der Waals surface area contributed by atoms with Gasteiger partial charge in [-0.05, 0) is 36.5 Å². The largest absolute Gasteiger partial charge is 0.493 e. The van der Waals surface area contributed by atoms with Crippen LogP contribution in [0.2, 0.25) is 0 Å². The quantitative estimate of drug-likeness (QED) is 0.783. The molecule has 0 amide bonds. The fourth-order valence-corrected chi connectivity index (χ4v) is 2.14. The molecule has 1 aromatic carbocycles. The van der Waals surface area contributed by atoms with Gasteiger partial charge >= 0.3 is 0 Å². The van der Waals surface area contributed by atoms with Crippen molar-refractivity contribution in [2.24, 2.45) is 5.92 Å². The summed E-state index contributed by atoms with van der Waals surface area (Å²) in [4.78, 5) is 0. The fourth-order valence-electron chi connectivity index (χ4n) is 2.14. The number of rotatable bonds is 8. The Hall–Kier alpha value is -1.22. The van der Waals surface area contributed by atoms with Gasteiger partial charge < -0.3 is 14.6 Å². The summed E-state index contributed by atoms with van der Waals surface area (Å²) in [5, 5.41) is 10.0. The Kier molecular flexibility index (Phi) is 6.71. The van der Waals surface area contributed by atoms with Crippen LogP contribution in [0.5, 0.6) is 11.5 Å². The second-order valence-electron chi connectivity index (χ2n) is 5.37. The highest BCUT2D eigenvalue weighted by molar-refractivity contribution is 5.43. The first-order chi connectivity index (χ1) is 9.06. The minimum absolute atomic E-state index is 0.281. The van der Waals surface area contributed by atoms with Crippen LogP contribution < -0.4 is 9.47 Å². The summed E-state index contributed by atoms with van der Waals surface area (Å²) in [5.74, 6) is 2.14. The Balaban J connectivity index is 2.52. The van der Waals surface area contributed by atoms with E-state index in [1.807, 2.05) is 18.2 Å². The highest BCUT2D eigenvalue weighted by Gasteiger charge is 2.09. The van der Waals surface area contributed by atoms with E-state index in [2.05, 4.69) is 13.8 Å². The van der Waals surface area contributed by atoms with Gasteiger partial charge in [-0.3, -0.25) is 0 Å². The molecule has 0 spiro atoms. The van der Waals surface area contributed by atoms with Gasteiger partial charge in [0.05, 0.1) is 20.3 Å². The molecular weight excluding hydrogens is 240 g/mol. The molecule has 0 aliphatic carbocycles. The van der Waals surface area contributed by atoms with Gasteiger partial charge in [0.2, 0.25) is 0 Å². The monoisotopic (exact) mass is 266 g/mol. The summed E-state index contributed by atoms with van der Waals surface area (Å²) in [6.07, 6.45) is 3.48. The van der Waals surface area contributed by atoms with Gasteiger partial charge in [-0.15, -0.1) is 0 Å². The van der Waals surface area contributed by atoms with E-state index in [-0.39, 0.29) is 6.10 Å². The van der Waals surface area contributed by atoms with Crippen molar-refractivity contribution in [2.75, 3.05) is 14.2 Å². The second-order valence-corrected chi connectivity index (χ2v) is 5.37. The molecule has 0 saturated heterocycles. The molecule has 3 nitrogen and oxygen atoms in total. The lowest BCUT2D eigenvalue weighted by atomic mass is 10.00. The van der Waals surface area contributed by atoms with Crippen molar-refractivity contribution in [3.63, 3.8) is 0 Å². The van der Waals surface area contributed by atoms with Crippen molar-refractivity contribution < 1.29 is 14.6 Å². The summed E-state index contributed by atoms with van der Waals surface area (Å²) in [7, 11) is 3.25. The number of ether oxygens (including phenoxy) is 2. The van der Waals surface area contributed by atoms with E-state index in [0.717, 1.165) is 29.9 Å². The third kappa shape index (κ3) is 5.52. The molecule has 3 heteroatoms. The molecule has 1 unspecified atom stereocenters. The van der Waals surface area contributed by atoms with Crippen LogP contribution in [0.1, 0.15) is 38.7 Å². The average molecular weight is 266 g/mol. The predicted octanol–water partition coefficient (Wildman–Crippen LogP) is 3.43. The second kappa shape index (κ2) is 8.05. The zero-order valence-electron chi connectivity index (χ0n) is 12.5. The molecule has 1 atom stereocenters. The maximum absolute atomic E-state index is 10.0. The van der Waals surface area contributed by atoms with E-state index in [0.29, 0.717) is 12.3 Å². The average Bonchev–Trinajstić information content (AvgIpc) is 2.38. The van der Waals surface area contributed by atoms with Crippen molar-refractivity contribution >= 4 is 0 Å². The number of aliphatic hydroxyl groups is 1. The molecule has 0 saturated carbocycles. The van der Waals surface area contributed by atoms with Crippen LogP contribution in [0.4, 0.5) is 0 Å². The summed E-state index contributed by atoms with van der Waals surface area (Å²) in [6.45, 7) is 4.42. The number of hydrogen-bond acceptors (Lipinski definition) is 3. The smallest absolute Gasteiger partial charge is 0.160 e. The van der Waals surface area contributed by atoms with E-state index in [1.165, 1.54) is 6.42 Å². The molecule has 1 rings (SSSR count). The van der Waals surface area contributed by atoms with Gasteiger partial charge in [0, 0.05) is 0 Å². The van der Waals surface area contributed by atoms with Crippen molar-refractivity contribution in [2.45, 2.75) is 45.6 Å². The van der Waals surface area contributed by atoms with Gasteiger partial charge in [0.15, 0.2) is 11.5 Å². The van der Waals surface area contributed by atoms with Gasteiger partial charge in [-0.1, -0.05) is 32.8 Å². The molecule has 0 fully saturated rings. The molecule has 1 aromatic rings. The summed E-state index contributed by atoms with van der Waals surface area (Å²) >= 11 is 0. The minimum Gasteiger partial charge on any atom is -0.493 e. The minimum atomic E-state index is -0.281. The number of benzene rings is 1. The van der Waals surface area contributed by atoms with Crippen molar-refractivity contribution in [3.05, 3.63) is 23.8 Å². The van der Waals surface area contributed by atoms with Gasteiger partial charge in [-0.2, -0.15) is 0 Å². The standard InChI is InChI=1S/C16H26O3/c1-12(2)6-5-7-14(17)10-13-8-9-15(18-3)16(11-13)19-4/h8-9,11-12,14,17H,5-7,10H2,1-4H3. The first-order valence-corrected chi connectivity index (χ1v) is 6.95. The van der Waals surface area contributed by atoms with E-state index in [9.17, 15) is 5.11 Å². The highest BCUT2D eigenvalue weighted by atomic mass is 16.5. The van der Waals surface area contributed by atoms with Crippen LogP contribution in [-0.2, 0) is 6.42 Å². The third-order valence-corrected chi connectivity index (χ3v) is 3.24. The Labute approximate surface area is 116 Å². The van der Waals surface area contributed by atoms with Crippen LogP contribution >= 0.6 is 0 Å². The predicted molar refractivity (Wildman–Crippen MR) is 77.9 cm³/mol. The molecule has 19 heavy (non-hydrogen) atoms.